The zero-order valence-corrected chi connectivity index (χ0v) is 13.5. The Balaban J connectivity index is 1.47. The lowest BCUT2D eigenvalue weighted by atomic mass is 9.94. The minimum atomic E-state index is -0.00494. The summed E-state index contributed by atoms with van der Waals surface area (Å²) in [4.78, 5) is 14.4. The van der Waals surface area contributed by atoms with Crippen molar-refractivity contribution in [3.8, 4) is 17.2 Å². The second-order valence-corrected chi connectivity index (χ2v) is 6.15. The van der Waals surface area contributed by atoms with Crippen LogP contribution < -0.4 is 14.2 Å². The molecule has 0 aliphatic carbocycles. The molecule has 0 N–H and O–H groups in total. The molecular weight excluding hydrogens is 306 g/mol. The minimum Gasteiger partial charge on any atom is -0.484 e. The summed E-state index contributed by atoms with van der Waals surface area (Å²) in [6, 6.07) is 13.6. The number of rotatable bonds is 3. The van der Waals surface area contributed by atoms with Crippen LogP contribution in [0.5, 0.6) is 17.2 Å². The molecule has 0 spiro atoms. The van der Waals surface area contributed by atoms with E-state index in [9.17, 15) is 4.79 Å². The molecule has 4 rings (SSSR count). The Bertz CT molecular complexity index is 759. The number of nitrogens with zero attached hydrogens (tertiary/aromatic N) is 1. The molecule has 0 bridgehead atoms. The van der Waals surface area contributed by atoms with E-state index >= 15 is 0 Å². The van der Waals surface area contributed by atoms with Gasteiger partial charge in [-0.25, -0.2) is 0 Å². The maximum Gasteiger partial charge on any atom is 0.261 e. The molecule has 0 saturated carbocycles. The van der Waals surface area contributed by atoms with Gasteiger partial charge in [0.05, 0.1) is 0 Å². The van der Waals surface area contributed by atoms with E-state index in [1.807, 2.05) is 47.4 Å². The molecule has 1 amide bonds. The SMILES string of the molecule is CC1Cc2cc3c(cc2CN1C(=O)COc1ccccc1)OCO3. The van der Waals surface area contributed by atoms with Gasteiger partial charge in [0.25, 0.3) is 5.91 Å². The van der Waals surface area contributed by atoms with E-state index in [0.717, 1.165) is 23.5 Å². The standard InChI is InChI=1S/C19H19NO4/c1-13-7-14-8-17-18(24-12-23-17)9-15(14)10-20(13)19(21)11-22-16-5-3-2-4-6-16/h2-6,8-9,13H,7,10-12H2,1H3. The highest BCUT2D eigenvalue weighted by Gasteiger charge is 2.29. The molecule has 0 aromatic heterocycles. The summed E-state index contributed by atoms with van der Waals surface area (Å²) in [5, 5.41) is 0. The van der Waals surface area contributed by atoms with Gasteiger partial charge in [-0.15, -0.1) is 0 Å². The van der Waals surface area contributed by atoms with Crippen molar-refractivity contribution in [2.75, 3.05) is 13.4 Å². The Kier molecular flexibility index (Phi) is 3.76. The lowest BCUT2D eigenvalue weighted by Crippen LogP contribution is -2.44. The highest BCUT2D eigenvalue weighted by atomic mass is 16.7. The fourth-order valence-corrected chi connectivity index (χ4v) is 3.21. The number of hydrogen-bond donors (Lipinski definition) is 0. The molecule has 1 unspecified atom stereocenters. The van der Waals surface area contributed by atoms with Crippen LogP contribution in [0.3, 0.4) is 0 Å². The number of carbonyl (C=O) groups is 1. The number of carbonyl (C=O) groups excluding carboxylic acids is 1. The smallest absolute Gasteiger partial charge is 0.261 e. The molecule has 5 heteroatoms. The first kappa shape index (κ1) is 14.9. The van der Waals surface area contributed by atoms with Crippen LogP contribution >= 0.6 is 0 Å². The van der Waals surface area contributed by atoms with Gasteiger partial charge >= 0.3 is 0 Å². The highest BCUT2D eigenvalue weighted by molar-refractivity contribution is 5.78. The van der Waals surface area contributed by atoms with E-state index in [1.165, 1.54) is 5.56 Å². The van der Waals surface area contributed by atoms with Crippen LogP contribution in [-0.4, -0.2) is 30.2 Å². The summed E-state index contributed by atoms with van der Waals surface area (Å²) in [7, 11) is 0. The van der Waals surface area contributed by atoms with Gasteiger partial charge < -0.3 is 19.1 Å². The van der Waals surface area contributed by atoms with Gasteiger partial charge in [-0.2, -0.15) is 0 Å². The van der Waals surface area contributed by atoms with Gasteiger partial charge in [0.2, 0.25) is 6.79 Å². The first-order valence-electron chi connectivity index (χ1n) is 8.09. The fourth-order valence-electron chi connectivity index (χ4n) is 3.21. The van der Waals surface area contributed by atoms with Crippen molar-refractivity contribution in [2.45, 2.75) is 25.9 Å². The zero-order valence-electron chi connectivity index (χ0n) is 13.5. The third-order valence-electron chi connectivity index (χ3n) is 4.51. The van der Waals surface area contributed by atoms with Crippen molar-refractivity contribution in [1.29, 1.82) is 0 Å². The Hall–Kier alpha value is -2.69. The molecule has 0 radical (unpaired) electrons. The largest absolute Gasteiger partial charge is 0.484 e. The van der Waals surface area contributed by atoms with Crippen molar-refractivity contribution in [2.24, 2.45) is 0 Å². The summed E-state index contributed by atoms with van der Waals surface area (Å²) in [5.74, 6) is 2.26. The van der Waals surface area contributed by atoms with Crippen molar-refractivity contribution >= 4 is 5.91 Å². The zero-order chi connectivity index (χ0) is 16.5. The average Bonchev–Trinajstić information content (AvgIpc) is 3.05. The normalized spacial score (nSPS) is 18.2. The van der Waals surface area contributed by atoms with E-state index in [1.54, 1.807) is 0 Å². The quantitative estimate of drug-likeness (QED) is 0.871. The topological polar surface area (TPSA) is 48.0 Å². The third-order valence-corrected chi connectivity index (χ3v) is 4.51. The lowest BCUT2D eigenvalue weighted by Gasteiger charge is -2.35. The predicted octanol–water partition coefficient (Wildman–Crippen LogP) is 2.77. The van der Waals surface area contributed by atoms with E-state index in [2.05, 4.69) is 6.92 Å². The van der Waals surface area contributed by atoms with Gasteiger partial charge in [0.15, 0.2) is 18.1 Å². The van der Waals surface area contributed by atoms with Crippen LogP contribution in [0.2, 0.25) is 0 Å². The van der Waals surface area contributed by atoms with Crippen LogP contribution in [-0.2, 0) is 17.8 Å². The van der Waals surface area contributed by atoms with Gasteiger partial charge in [-0.1, -0.05) is 18.2 Å². The second-order valence-electron chi connectivity index (χ2n) is 6.15. The van der Waals surface area contributed by atoms with Crippen molar-refractivity contribution in [3.05, 3.63) is 53.6 Å². The molecule has 124 valence electrons. The van der Waals surface area contributed by atoms with Crippen LogP contribution in [0.25, 0.3) is 0 Å². The fraction of sp³-hybridized carbons (Fsp3) is 0.316. The van der Waals surface area contributed by atoms with E-state index in [0.29, 0.717) is 12.3 Å². The molecule has 2 aliphatic rings. The van der Waals surface area contributed by atoms with Gasteiger partial charge in [-0.05, 0) is 48.7 Å². The van der Waals surface area contributed by atoms with Crippen LogP contribution in [0.1, 0.15) is 18.1 Å². The summed E-state index contributed by atoms with van der Waals surface area (Å²) in [6.07, 6.45) is 0.809. The molecule has 2 aliphatic heterocycles. The Morgan fingerprint density at radius 1 is 1.17 bits per heavy atom. The summed E-state index contributed by atoms with van der Waals surface area (Å²) in [6.45, 7) is 2.95. The first-order valence-corrected chi connectivity index (χ1v) is 8.09. The molecule has 2 aromatic rings. The maximum atomic E-state index is 12.6. The number of hydrogen-bond acceptors (Lipinski definition) is 4. The highest BCUT2D eigenvalue weighted by Crippen LogP contribution is 2.37. The molecule has 0 saturated heterocycles. The monoisotopic (exact) mass is 325 g/mol. The van der Waals surface area contributed by atoms with E-state index in [-0.39, 0.29) is 25.3 Å². The van der Waals surface area contributed by atoms with Gasteiger partial charge in [-0.3, -0.25) is 4.79 Å². The number of amides is 1. The Morgan fingerprint density at radius 2 is 1.88 bits per heavy atom. The van der Waals surface area contributed by atoms with Gasteiger partial charge in [0.1, 0.15) is 5.75 Å². The van der Waals surface area contributed by atoms with Crippen LogP contribution in [0.4, 0.5) is 0 Å². The first-order chi connectivity index (χ1) is 11.7. The number of para-hydroxylation sites is 1. The lowest BCUT2D eigenvalue weighted by molar-refractivity contribution is -0.136. The van der Waals surface area contributed by atoms with Crippen molar-refractivity contribution < 1.29 is 19.0 Å². The minimum absolute atomic E-state index is 0.00494. The molecule has 24 heavy (non-hydrogen) atoms. The number of benzene rings is 2. The molecule has 0 fully saturated rings. The van der Waals surface area contributed by atoms with E-state index < -0.39 is 0 Å². The van der Waals surface area contributed by atoms with Gasteiger partial charge in [0, 0.05) is 12.6 Å². The average molecular weight is 325 g/mol. The molecule has 2 heterocycles. The molecular formula is C19H19NO4. The Labute approximate surface area is 140 Å². The summed E-state index contributed by atoms with van der Waals surface area (Å²) < 4.78 is 16.5. The third kappa shape index (κ3) is 2.77. The molecule has 1 atom stereocenters. The van der Waals surface area contributed by atoms with Crippen LogP contribution in [0, 0.1) is 0 Å². The van der Waals surface area contributed by atoms with Crippen molar-refractivity contribution in [3.63, 3.8) is 0 Å². The van der Waals surface area contributed by atoms with E-state index in [4.69, 9.17) is 14.2 Å². The predicted molar refractivity (Wildman–Crippen MR) is 88.2 cm³/mol. The maximum absolute atomic E-state index is 12.6. The van der Waals surface area contributed by atoms with Crippen LogP contribution in [0.15, 0.2) is 42.5 Å². The summed E-state index contributed by atoms with van der Waals surface area (Å²) >= 11 is 0. The Morgan fingerprint density at radius 3 is 2.62 bits per heavy atom. The molecule has 2 aromatic carbocycles. The number of ether oxygens (including phenoxy) is 3. The second kappa shape index (κ2) is 6.07. The van der Waals surface area contributed by atoms with Crippen molar-refractivity contribution in [1.82, 2.24) is 4.90 Å². The number of fused-ring (bicyclic) bond motifs is 2. The summed E-state index contributed by atoms with van der Waals surface area (Å²) in [5.41, 5.74) is 2.34. The molecule has 5 nitrogen and oxygen atoms in total.